The molecular weight excluding hydrogens is 575 g/mol. The van der Waals surface area contributed by atoms with Crippen molar-refractivity contribution in [1.82, 2.24) is 10.3 Å². The topological polar surface area (TPSA) is 118 Å². The van der Waals surface area contributed by atoms with E-state index in [0.717, 1.165) is 47.4 Å². The lowest BCUT2D eigenvalue weighted by molar-refractivity contribution is -0.121. The number of hydrogen-bond donors (Lipinski definition) is 3. The van der Waals surface area contributed by atoms with Gasteiger partial charge < -0.3 is 24.6 Å². The number of benzene rings is 1. The Morgan fingerprint density at radius 1 is 0.909 bits per heavy atom. The van der Waals surface area contributed by atoms with Crippen LogP contribution in [0.4, 0.5) is 0 Å². The van der Waals surface area contributed by atoms with Crippen LogP contribution in [0.2, 0.25) is 0 Å². The van der Waals surface area contributed by atoms with Crippen LogP contribution in [0, 0.1) is 13.8 Å². The SMILES string of the molecule is CCCCCCCCCCCCCCCC(=O)NC(CCP(=O)(O)O)Cc1ccc(OCc2ncc(C)c(OC)c2C)cc1. The molecule has 0 saturated carbocycles. The molecule has 0 aliphatic carbocycles. The number of unbranched alkanes of at least 4 members (excludes halogenated alkanes) is 12. The van der Waals surface area contributed by atoms with Crippen molar-refractivity contribution in [2.45, 2.75) is 136 Å². The summed E-state index contributed by atoms with van der Waals surface area (Å²) >= 11 is 0. The first-order valence-corrected chi connectivity index (χ1v) is 18.5. The first-order chi connectivity index (χ1) is 21.1. The minimum Gasteiger partial charge on any atom is -0.496 e. The van der Waals surface area contributed by atoms with Gasteiger partial charge in [0.25, 0.3) is 0 Å². The Labute approximate surface area is 265 Å². The van der Waals surface area contributed by atoms with Crippen LogP contribution in [0.15, 0.2) is 30.5 Å². The van der Waals surface area contributed by atoms with Gasteiger partial charge in [0, 0.05) is 29.8 Å². The molecule has 1 aromatic heterocycles. The van der Waals surface area contributed by atoms with Gasteiger partial charge in [0.1, 0.15) is 18.1 Å². The number of aryl methyl sites for hydroxylation is 1. The quantitative estimate of drug-likeness (QED) is 0.0786. The maximum atomic E-state index is 12.7. The normalized spacial score (nSPS) is 12.2. The molecule has 3 N–H and O–H groups in total. The fourth-order valence-corrected chi connectivity index (χ4v) is 6.18. The average Bonchev–Trinajstić information content (AvgIpc) is 2.98. The number of aromatic nitrogens is 1. The molecule has 0 saturated heterocycles. The molecule has 248 valence electrons. The van der Waals surface area contributed by atoms with Crippen molar-refractivity contribution in [2.75, 3.05) is 13.3 Å². The number of carbonyl (C=O) groups is 1. The summed E-state index contributed by atoms with van der Waals surface area (Å²) in [5.74, 6) is 1.44. The molecule has 0 radical (unpaired) electrons. The largest absolute Gasteiger partial charge is 0.496 e. The van der Waals surface area contributed by atoms with Crippen molar-refractivity contribution in [2.24, 2.45) is 0 Å². The monoisotopic (exact) mass is 632 g/mol. The zero-order chi connectivity index (χ0) is 32.2. The zero-order valence-electron chi connectivity index (χ0n) is 27.6. The summed E-state index contributed by atoms with van der Waals surface area (Å²) in [6.07, 6.45) is 18.9. The number of ether oxygens (including phenoxy) is 2. The van der Waals surface area contributed by atoms with Crippen LogP contribution in [0.1, 0.15) is 126 Å². The fourth-order valence-electron chi connectivity index (χ4n) is 5.53. The Bertz CT molecular complexity index is 1130. The van der Waals surface area contributed by atoms with Crippen molar-refractivity contribution in [3.8, 4) is 11.5 Å². The van der Waals surface area contributed by atoms with Crippen molar-refractivity contribution in [1.29, 1.82) is 0 Å². The second-order valence-electron chi connectivity index (χ2n) is 12.1. The lowest BCUT2D eigenvalue weighted by Crippen LogP contribution is -2.37. The van der Waals surface area contributed by atoms with Crippen molar-refractivity contribution < 1.29 is 28.6 Å². The Hall–Kier alpha value is -2.41. The number of amides is 1. The summed E-state index contributed by atoms with van der Waals surface area (Å²) in [5.41, 5.74) is 3.69. The molecule has 1 amide bonds. The number of pyridine rings is 1. The molecule has 1 atom stereocenters. The minimum absolute atomic E-state index is 0.0554. The lowest BCUT2D eigenvalue weighted by atomic mass is 10.0. The lowest BCUT2D eigenvalue weighted by Gasteiger charge is -2.20. The summed E-state index contributed by atoms with van der Waals surface area (Å²) in [4.78, 5) is 36.0. The highest BCUT2D eigenvalue weighted by Crippen LogP contribution is 2.35. The summed E-state index contributed by atoms with van der Waals surface area (Å²) in [6, 6.07) is 7.23. The number of methoxy groups -OCH3 is 1. The Kier molecular flexibility index (Phi) is 18.3. The fraction of sp³-hybridized carbons (Fsp3) is 0.657. The molecule has 1 heterocycles. The molecule has 8 nitrogen and oxygen atoms in total. The third-order valence-corrected chi connectivity index (χ3v) is 9.01. The van der Waals surface area contributed by atoms with E-state index in [9.17, 15) is 19.1 Å². The van der Waals surface area contributed by atoms with E-state index in [1.807, 2.05) is 38.1 Å². The Balaban J connectivity index is 1.74. The van der Waals surface area contributed by atoms with Crippen LogP contribution in [-0.4, -0.2) is 40.0 Å². The minimum atomic E-state index is -4.16. The number of carbonyl (C=O) groups excluding carboxylic acids is 1. The van der Waals surface area contributed by atoms with Gasteiger partial charge in [-0.05, 0) is 50.8 Å². The average molecular weight is 633 g/mol. The van der Waals surface area contributed by atoms with Gasteiger partial charge in [-0.2, -0.15) is 0 Å². The molecule has 1 unspecified atom stereocenters. The molecule has 0 bridgehead atoms. The van der Waals surface area contributed by atoms with Gasteiger partial charge in [0.05, 0.1) is 19.0 Å². The maximum Gasteiger partial charge on any atom is 0.325 e. The van der Waals surface area contributed by atoms with E-state index in [2.05, 4.69) is 17.2 Å². The number of rotatable bonds is 24. The predicted octanol–water partition coefficient (Wildman–Crippen LogP) is 8.36. The third-order valence-electron chi connectivity index (χ3n) is 8.17. The Morgan fingerprint density at radius 3 is 2.02 bits per heavy atom. The van der Waals surface area contributed by atoms with Crippen molar-refractivity contribution >= 4 is 13.5 Å². The second-order valence-corrected chi connectivity index (χ2v) is 13.9. The first-order valence-electron chi connectivity index (χ1n) is 16.7. The smallest absolute Gasteiger partial charge is 0.325 e. The molecule has 0 fully saturated rings. The summed E-state index contributed by atoms with van der Waals surface area (Å²) in [5, 5.41) is 3.03. The van der Waals surface area contributed by atoms with Gasteiger partial charge in [0.15, 0.2) is 0 Å². The molecule has 2 rings (SSSR count). The number of nitrogens with zero attached hydrogens (tertiary/aromatic N) is 1. The maximum absolute atomic E-state index is 12.7. The summed E-state index contributed by atoms with van der Waals surface area (Å²) in [7, 11) is -2.52. The van der Waals surface area contributed by atoms with Gasteiger partial charge in [-0.25, -0.2) is 0 Å². The first kappa shape index (κ1) is 37.8. The molecule has 0 aliphatic heterocycles. The molecule has 2 aromatic rings. The van der Waals surface area contributed by atoms with Crippen molar-refractivity contribution in [3.63, 3.8) is 0 Å². The predicted molar refractivity (Wildman–Crippen MR) is 179 cm³/mol. The van der Waals surface area contributed by atoms with Gasteiger partial charge in [-0.1, -0.05) is 96.1 Å². The van der Waals surface area contributed by atoms with E-state index < -0.39 is 7.60 Å². The van der Waals surface area contributed by atoms with E-state index in [4.69, 9.17) is 9.47 Å². The second kappa shape index (κ2) is 21.3. The van der Waals surface area contributed by atoms with Crippen LogP contribution >= 0.6 is 7.60 Å². The third kappa shape index (κ3) is 16.1. The van der Waals surface area contributed by atoms with Crippen LogP contribution in [0.25, 0.3) is 0 Å². The molecule has 0 spiro atoms. The van der Waals surface area contributed by atoms with Gasteiger partial charge in [0.2, 0.25) is 5.91 Å². The van der Waals surface area contributed by atoms with Crippen LogP contribution in [0.3, 0.4) is 0 Å². The summed E-state index contributed by atoms with van der Waals surface area (Å²) < 4.78 is 23.0. The summed E-state index contributed by atoms with van der Waals surface area (Å²) in [6.45, 7) is 6.48. The van der Waals surface area contributed by atoms with E-state index in [0.29, 0.717) is 25.2 Å². The molecule has 9 heteroatoms. The van der Waals surface area contributed by atoms with Crippen LogP contribution < -0.4 is 14.8 Å². The zero-order valence-corrected chi connectivity index (χ0v) is 28.5. The molecular formula is C35H57N2O6P. The van der Waals surface area contributed by atoms with E-state index in [-0.39, 0.29) is 24.5 Å². The van der Waals surface area contributed by atoms with E-state index >= 15 is 0 Å². The highest BCUT2D eigenvalue weighted by molar-refractivity contribution is 7.51. The van der Waals surface area contributed by atoms with Crippen LogP contribution in [-0.2, 0) is 22.4 Å². The number of hydrogen-bond acceptors (Lipinski definition) is 5. The Morgan fingerprint density at radius 2 is 1.48 bits per heavy atom. The van der Waals surface area contributed by atoms with E-state index in [1.165, 1.54) is 64.2 Å². The van der Waals surface area contributed by atoms with Crippen molar-refractivity contribution in [3.05, 3.63) is 52.8 Å². The van der Waals surface area contributed by atoms with Gasteiger partial charge >= 0.3 is 7.60 Å². The van der Waals surface area contributed by atoms with Crippen LogP contribution in [0.5, 0.6) is 11.5 Å². The van der Waals surface area contributed by atoms with Gasteiger partial charge in [-0.3, -0.25) is 14.3 Å². The molecule has 44 heavy (non-hydrogen) atoms. The molecule has 1 aromatic carbocycles. The standard InChI is InChI=1S/C35H57N2O6P/c1-5-6-7-8-9-10-11-12-13-14-15-16-17-18-34(38)37-31(23-24-44(39,40)41)25-30-19-21-32(22-20-30)43-27-33-29(3)35(42-4)28(2)26-36-33/h19-22,26,31H,5-18,23-25,27H2,1-4H3,(H,37,38)(H2,39,40,41). The number of nitrogens with one attached hydrogen (secondary N) is 1. The van der Waals surface area contributed by atoms with E-state index in [1.54, 1.807) is 13.3 Å². The highest BCUT2D eigenvalue weighted by atomic mass is 31.2. The van der Waals surface area contributed by atoms with Gasteiger partial charge in [-0.15, -0.1) is 0 Å². The molecule has 0 aliphatic rings. The highest BCUT2D eigenvalue weighted by Gasteiger charge is 2.20.